The second-order valence-corrected chi connectivity index (χ2v) is 5.69. The number of nitrogens with one attached hydrogen (secondary N) is 1. The third kappa shape index (κ3) is 2.14. The van der Waals surface area contributed by atoms with E-state index in [0.29, 0.717) is 25.1 Å². The molecule has 0 aromatic heterocycles. The van der Waals surface area contributed by atoms with Gasteiger partial charge in [0.2, 0.25) is 0 Å². The summed E-state index contributed by atoms with van der Waals surface area (Å²) in [7, 11) is 0. The molecule has 21 heavy (non-hydrogen) atoms. The minimum Gasteiger partial charge on any atom is -0.488 e. The fourth-order valence-corrected chi connectivity index (χ4v) is 2.88. The predicted molar refractivity (Wildman–Crippen MR) is 73.5 cm³/mol. The Balaban J connectivity index is 1.76. The van der Waals surface area contributed by atoms with Crippen molar-refractivity contribution < 1.29 is 18.7 Å². The first-order valence-electron chi connectivity index (χ1n) is 7.02. The molecule has 1 aromatic rings. The Kier molecular flexibility index (Phi) is 3.11. The van der Waals surface area contributed by atoms with E-state index in [1.165, 1.54) is 17.0 Å². The Hall–Kier alpha value is -2.11. The van der Waals surface area contributed by atoms with Crippen molar-refractivity contribution in [3.8, 4) is 5.75 Å². The van der Waals surface area contributed by atoms with Crippen LogP contribution in [0.1, 0.15) is 25.8 Å². The molecule has 3 amide bonds. The van der Waals surface area contributed by atoms with E-state index in [0.717, 1.165) is 5.56 Å². The van der Waals surface area contributed by atoms with Crippen LogP contribution in [-0.4, -0.2) is 35.0 Å². The van der Waals surface area contributed by atoms with E-state index >= 15 is 0 Å². The number of carbonyl (C=O) groups excluding carboxylic acids is 2. The molecule has 0 spiro atoms. The number of benzene rings is 1. The van der Waals surface area contributed by atoms with Crippen LogP contribution in [-0.2, 0) is 11.2 Å². The fourth-order valence-electron chi connectivity index (χ4n) is 2.88. The van der Waals surface area contributed by atoms with Gasteiger partial charge < -0.3 is 9.64 Å². The Morgan fingerprint density at radius 2 is 2.24 bits per heavy atom. The van der Waals surface area contributed by atoms with Gasteiger partial charge in [-0.1, -0.05) is 6.92 Å². The number of fused-ring (bicyclic) bond motifs is 1. The third-order valence-electron chi connectivity index (χ3n) is 4.39. The van der Waals surface area contributed by atoms with Crippen molar-refractivity contribution in [1.82, 2.24) is 10.2 Å². The van der Waals surface area contributed by atoms with Gasteiger partial charge >= 0.3 is 6.03 Å². The number of ether oxygens (including phenoxy) is 1. The van der Waals surface area contributed by atoms with E-state index in [4.69, 9.17) is 4.74 Å². The van der Waals surface area contributed by atoms with Crippen LogP contribution in [0, 0.1) is 5.82 Å². The molecular formula is C15H17FN2O3. The van der Waals surface area contributed by atoms with Crippen molar-refractivity contribution in [3.63, 3.8) is 0 Å². The maximum absolute atomic E-state index is 13.2. The maximum atomic E-state index is 13.2. The van der Waals surface area contributed by atoms with Crippen LogP contribution in [0.15, 0.2) is 18.2 Å². The SMILES string of the molecule is CCC1(C)C(=O)NC(=O)N1CC1Cc2cc(F)ccc2O1. The molecule has 2 aliphatic rings. The first kappa shape index (κ1) is 13.9. The van der Waals surface area contributed by atoms with Crippen LogP contribution in [0.2, 0.25) is 0 Å². The molecule has 0 aliphatic carbocycles. The number of hydrogen-bond acceptors (Lipinski definition) is 3. The molecule has 3 rings (SSSR count). The molecule has 2 unspecified atom stereocenters. The number of halogens is 1. The van der Waals surface area contributed by atoms with E-state index in [-0.39, 0.29) is 17.8 Å². The average molecular weight is 292 g/mol. The number of carbonyl (C=O) groups is 2. The summed E-state index contributed by atoms with van der Waals surface area (Å²) >= 11 is 0. The molecule has 2 aliphatic heterocycles. The molecule has 6 heteroatoms. The van der Waals surface area contributed by atoms with E-state index in [1.807, 2.05) is 6.92 Å². The first-order valence-corrected chi connectivity index (χ1v) is 7.02. The molecule has 0 saturated carbocycles. The van der Waals surface area contributed by atoms with Crippen LogP contribution in [0.4, 0.5) is 9.18 Å². The number of imide groups is 1. The van der Waals surface area contributed by atoms with Gasteiger partial charge in [-0.05, 0) is 31.5 Å². The zero-order chi connectivity index (χ0) is 15.2. The fraction of sp³-hybridized carbons (Fsp3) is 0.467. The molecule has 0 radical (unpaired) electrons. The molecule has 5 nitrogen and oxygen atoms in total. The molecule has 112 valence electrons. The van der Waals surface area contributed by atoms with Crippen molar-refractivity contribution in [2.24, 2.45) is 0 Å². The van der Waals surface area contributed by atoms with Gasteiger partial charge in [0.15, 0.2) is 0 Å². The monoisotopic (exact) mass is 292 g/mol. The zero-order valence-electron chi connectivity index (χ0n) is 12.0. The van der Waals surface area contributed by atoms with E-state index in [9.17, 15) is 14.0 Å². The second-order valence-electron chi connectivity index (χ2n) is 5.69. The van der Waals surface area contributed by atoms with Gasteiger partial charge in [0, 0.05) is 12.0 Å². The predicted octanol–water partition coefficient (Wildman–Crippen LogP) is 1.85. The standard InChI is InChI=1S/C15H17FN2O3/c1-3-15(2)13(19)17-14(20)18(15)8-11-7-9-6-10(16)4-5-12(9)21-11/h4-6,11H,3,7-8H2,1-2H3,(H,17,19,20). The van der Waals surface area contributed by atoms with Crippen LogP contribution >= 0.6 is 0 Å². The average Bonchev–Trinajstić information content (AvgIpc) is 2.93. The number of hydrogen-bond donors (Lipinski definition) is 1. The highest BCUT2D eigenvalue weighted by atomic mass is 19.1. The zero-order valence-corrected chi connectivity index (χ0v) is 12.0. The highest BCUT2D eigenvalue weighted by molar-refractivity contribution is 6.06. The number of rotatable bonds is 3. The summed E-state index contributed by atoms with van der Waals surface area (Å²) in [5.74, 6) is 0.0626. The Morgan fingerprint density at radius 3 is 2.95 bits per heavy atom. The Bertz CT molecular complexity index is 619. The lowest BCUT2D eigenvalue weighted by molar-refractivity contribution is -0.126. The normalized spacial score (nSPS) is 27.6. The lowest BCUT2D eigenvalue weighted by Gasteiger charge is -2.32. The van der Waals surface area contributed by atoms with Crippen LogP contribution in [0.5, 0.6) is 5.75 Å². The van der Waals surface area contributed by atoms with Gasteiger partial charge in [0.05, 0.1) is 6.54 Å². The summed E-state index contributed by atoms with van der Waals surface area (Å²) in [5, 5.41) is 2.35. The Labute approximate surface area is 122 Å². The van der Waals surface area contributed by atoms with Crippen LogP contribution in [0.25, 0.3) is 0 Å². The van der Waals surface area contributed by atoms with E-state index in [1.54, 1.807) is 13.0 Å². The topological polar surface area (TPSA) is 58.6 Å². The molecule has 1 saturated heterocycles. The quantitative estimate of drug-likeness (QED) is 0.865. The summed E-state index contributed by atoms with van der Waals surface area (Å²) in [5.41, 5.74) is -0.0513. The molecule has 2 heterocycles. The first-order chi connectivity index (χ1) is 9.94. The smallest absolute Gasteiger partial charge is 0.325 e. The molecule has 2 atom stereocenters. The van der Waals surface area contributed by atoms with Crippen molar-refractivity contribution in [3.05, 3.63) is 29.6 Å². The summed E-state index contributed by atoms with van der Waals surface area (Å²) in [4.78, 5) is 25.4. The minimum atomic E-state index is -0.847. The van der Waals surface area contributed by atoms with Crippen molar-refractivity contribution >= 4 is 11.9 Å². The lowest BCUT2D eigenvalue weighted by Crippen LogP contribution is -2.50. The second kappa shape index (κ2) is 4.72. The van der Waals surface area contributed by atoms with Crippen LogP contribution in [0.3, 0.4) is 0 Å². The largest absolute Gasteiger partial charge is 0.488 e. The summed E-state index contributed by atoms with van der Waals surface area (Å²) < 4.78 is 19.0. The maximum Gasteiger partial charge on any atom is 0.325 e. The molecule has 1 fully saturated rings. The highest BCUT2D eigenvalue weighted by Gasteiger charge is 2.49. The number of nitrogens with zero attached hydrogens (tertiary/aromatic N) is 1. The molecule has 0 bridgehead atoms. The van der Waals surface area contributed by atoms with Gasteiger partial charge in [0.1, 0.15) is 23.2 Å². The van der Waals surface area contributed by atoms with Gasteiger partial charge in [-0.15, -0.1) is 0 Å². The van der Waals surface area contributed by atoms with Crippen LogP contribution < -0.4 is 10.1 Å². The summed E-state index contributed by atoms with van der Waals surface area (Å²) in [6.07, 6.45) is 0.799. The van der Waals surface area contributed by atoms with E-state index < -0.39 is 11.6 Å². The van der Waals surface area contributed by atoms with Gasteiger partial charge in [-0.2, -0.15) is 0 Å². The van der Waals surface area contributed by atoms with Crippen molar-refractivity contribution in [1.29, 1.82) is 0 Å². The molecular weight excluding hydrogens is 275 g/mol. The molecule has 1 aromatic carbocycles. The lowest BCUT2D eigenvalue weighted by atomic mass is 9.96. The number of urea groups is 1. The third-order valence-corrected chi connectivity index (χ3v) is 4.39. The van der Waals surface area contributed by atoms with Gasteiger partial charge in [-0.3, -0.25) is 10.1 Å². The Morgan fingerprint density at radius 1 is 1.48 bits per heavy atom. The number of amides is 3. The molecule has 1 N–H and O–H groups in total. The van der Waals surface area contributed by atoms with Gasteiger partial charge in [0.25, 0.3) is 5.91 Å². The minimum absolute atomic E-state index is 0.260. The van der Waals surface area contributed by atoms with E-state index in [2.05, 4.69) is 5.32 Å². The van der Waals surface area contributed by atoms with Gasteiger partial charge in [-0.25, -0.2) is 9.18 Å². The highest BCUT2D eigenvalue weighted by Crippen LogP contribution is 2.32. The van der Waals surface area contributed by atoms with Crippen molar-refractivity contribution in [2.75, 3.05) is 6.54 Å². The summed E-state index contributed by atoms with van der Waals surface area (Å²) in [6, 6.07) is 4.00. The van der Waals surface area contributed by atoms with Crippen molar-refractivity contribution in [2.45, 2.75) is 38.3 Å². The summed E-state index contributed by atoms with van der Waals surface area (Å²) in [6.45, 7) is 3.91.